The van der Waals surface area contributed by atoms with Crippen LogP contribution in [0.1, 0.15) is 0 Å². The lowest BCUT2D eigenvalue weighted by Crippen LogP contribution is -2.20. The van der Waals surface area contributed by atoms with Gasteiger partial charge in [-0.2, -0.15) is 26.3 Å². The maximum absolute atomic E-state index is 11.8. The molecule has 0 aliphatic rings. The highest BCUT2D eigenvalue weighted by Crippen LogP contribution is 2.50. The topological polar surface area (TPSA) is 52.6 Å². The van der Waals surface area contributed by atoms with Crippen molar-refractivity contribution in [3.05, 3.63) is 6.08 Å². The van der Waals surface area contributed by atoms with Gasteiger partial charge in [-0.25, -0.2) is 4.79 Å². The second kappa shape index (κ2) is 6.38. The highest BCUT2D eigenvalue weighted by Gasteiger charge is 2.37. The molecule has 11 heteroatoms. The van der Waals surface area contributed by atoms with Gasteiger partial charge in [0.2, 0.25) is 0 Å². The monoisotopic (exact) mass is 300 g/mol. The quantitative estimate of drug-likeness (QED) is 0.430. The molecule has 0 heterocycles. The molecule has 0 rings (SSSR count). The molecule has 0 aliphatic carbocycles. The molecule has 0 aromatic heterocycles. The van der Waals surface area contributed by atoms with E-state index < -0.39 is 39.3 Å². The molecule has 0 bridgehead atoms. The first-order valence-corrected chi connectivity index (χ1v) is 5.91. The first kappa shape index (κ1) is 17.2. The zero-order chi connectivity index (χ0) is 14.4. The molecule has 0 saturated heterocycles. The van der Waals surface area contributed by atoms with Crippen molar-refractivity contribution >= 4 is 13.5 Å². The smallest absolute Gasteiger partial charge is 0.299 e. The van der Waals surface area contributed by atoms with Crippen molar-refractivity contribution in [3.8, 4) is 0 Å². The van der Waals surface area contributed by atoms with Crippen LogP contribution in [0, 0.1) is 0 Å². The first-order valence-electron chi connectivity index (χ1n) is 4.18. The summed E-state index contributed by atoms with van der Waals surface area (Å²) in [7, 11) is -4.69. The fourth-order valence-corrected chi connectivity index (χ4v) is 1.90. The first-order chi connectivity index (χ1) is 7.97. The minimum absolute atomic E-state index is 0.424. The molecule has 0 aromatic rings. The Morgan fingerprint density at radius 2 is 1.39 bits per heavy atom. The minimum atomic E-state index is -4.89. The third kappa shape index (κ3) is 9.23. The van der Waals surface area contributed by atoms with Crippen LogP contribution in [0.4, 0.5) is 26.3 Å². The second-order valence-corrected chi connectivity index (χ2v) is 5.00. The number of allylic oxidation sites excluding steroid dienone is 1. The largest absolute Gasteiger partial charge is 0.412 e. The average molecular weight is 300 g/mol. The summed E-state index contributed by atoms with van der Waals surface area (Å²) in [4.78, 5) is 9.80. The van der Waals surface area contributed by atoms with E-state index in [0.717, 1.165) is 5.94 Å². The van der Waals surface area contributed by atoms with E-state index in [1.165, 1.54) is 0 Å². The van der Waals surface area contributed by atoms with Gasteiger partial charge < -0.3 is 0 Å². The second-order valence-electron chi connectivity index (χ2n) is 2.89. The molecule has 0 spiro atoms. The van der Waals surface area contributed by atoms with Crippen LogP contribution in [0.15, 0.2) is 6.08 Å². The summed E-state index contributed by atoms with van der Waals surface area (Å²) in [5.41, 5.74) is 0. The predicted molar refractivity (Wildman–Crippen MR) is 46.8 cm³/mol. The van der Waals surface area contributed by atoms with Gasteiger partial charge in [0, 0.05) is 6.08 Å². The molecule has 0 saturated carbocycles. The Morgan fingerprint density at radius 1 is 1.00 bits per heavy atom. The van der Waals surface area contributed by atoms with Crippen LogP contribution in [-0.2, 0) is 18.4 Å². The Balaban J connectivity index is 4.62. The summed E-state index contributed by atoms with van der Waals surface area (Å²) in [6.07, 6.45) is -10.4. The molecule has 0 amide bonds. The molecule has 0 aromatic carbocycles. The van der Waals surface area contributed by atoms with Gasteiger partial charge in [-0.1, -0.05) is 0 Å². The Morgan fingerprint density at radius 3 is 1.67 bits per heavy atom. The van der Waals surface area contributed by atoms with Crippen molar-refractivity contribution in [3.63, 3.8) is 0 Å². The summed E-state index contributed by atoms with van der Waals surface area (Å²) in [5.74, 6) is 1.05. The molecule has 0 unspecified atom stereocenters. The fourth-order valence-electron chi connectivity index (χ4n) is 0.635. The van der Waals surface area contributed by atoms with E-state index in [9.17, 15) is 35.7 Å². The van der Waals surface area contributed by atoms with Crippen LogP contribution < -0.4 is 0 Å². The molecular formula is C7H7F6O4P. The van der Waals surface area contributed by atoms with Gasteiger partial charge in [-0.3, -0.25) is 13.6 Å². The lowest BCUT2D eigenvalue weighted by atomic mass is 10.7. The summed E-state index contributed by atoms with van der Waals surface area (Å²) >= 11 is 0. The van der Waals surface area contributed by atoms with Crippen molar-refractivity contribution in [2.75, 3.05) is 19.4 Å². The number of carbonyl (C=O) groups excluding carboxylic acids is 1. The van der Waals surface area contributed by atoms with Crippen molar-refractivity contribution < 1.29 is 44.7 Å². The number of alkyl halides is 6. The van der Waals surface area contributed by atoms with Gasteiger partial charge in [-0.15, -0.1) is 0 Å². The van der Waals surface area contributed by atoms with E-state index in [0.29, 0.717) is 6.08 Å². The van der Waals surface area contributed by atoms with E-state index in [2.05, 4.69) is 9.05 Å². The van der Waals surface area contributed by atoms with Crippen LogP contribution in [0.25, 0.3) is 0 Å². The van der Waals surface area contributed by atoms with Crippen molar-refractivity contribution in [2.24, 2.45) is 0 Å². The number of halogens is 6. The molecule has 0 radical (unpaired) electrons. The zero-order valence-corrected chi connectivity index (χ0v) is 9.44. The number of rotatable bonds is 6. The molecular weight excluding hydrogens is 293 g/mol. The fraction of sp³-hybridized carbons (Fsp3) is 0.714. The summed E-state index contributed by atoms with van der Waals surface area (Å²) in [6.45, 7) is -4.09. The van der Waals surface area contributed by atoms with Crippen molar-refractivity contribution in [1.82, 2.24) is 0 Å². The van der Waals surface area contributed by atoms with Crippen LogP contribution in [-0.4, -0.2) is 37.7 Å². The SMILES string of the molecule is O=C=CCP(=O)(OCC(F)(F)F)OCC(F)(F)F. The van der Waals surface area contributed by atoms with Crippen molar-refractivity contribution in [1.29, 1.82) is 0 Å². The summed E-state index contributed by atoms with van der Waals surface area (Å²) < 4.78 is 89.6. The molecule has 0 N–H and O–H groups in total. The Bertz CT molecular complexity index is 334. The third-order valence-corrected chi connectivity index (χ3v) is 2.92. The van der Waals surface area contributed by atoms with E-state index in [1.807, 2.05) is 0 Å². The lowest BCUT2D eigenvalue weighted by Gasteiger charge is -2.18. The van der Waals surface area contributed by atoms with E-state index in [-0.39, 0.29) is 0 Å². The summed E-state index contributed by atoms with van der Waals surface area (Å²) in [6, 6.07) is 0. The molecule has 18 heavy (non-hydrogen) atoms. The van der Waals surface area contributed by atoms with Gasteiger partial charge >= 0.3 is 19.9 Å². The predicted octanol–water partition coefficient (Wildman–Crippen LogP) is 2.73. The van der Waals surface area contributed by atoms with Crippen LogP contribution in [0.5, 0.6) is 0 Å². The van der Waals surface area contributed by atoms with Crippen LogP contribution >= 0.6 is 7.60 Å². The van der Waals surface area contributed by atoms with Crippen molar-refractivity contribution in [2.45, 2.75) is 12.4 Å². The maximum atomic E-state index is 11.8. The highest BCUT2D eigenvalue weighted by molar-refractivity contribution is 7.54. The Labute approximate surface area is 97.1 Å². The van der Waals surface area contributed by atoms with Crippen LogP contribution in [0.2, 0.25) is 0 Å². The lowest BCUT2D eigenvalue weighted by molar-refractivity contribution is -0.165. The average Bonchev–Trinajstić information content (AvgIpc) is 2.19. The summed E-state index contributed by atoms with van der Waals surface area (Å²) in [5, 5.41) is 0. The molecule has 4 nitrogen and oxygen atoms in total. The number of hydrogen-bond donors (Lipinski definition) is 0. The maximum Gasteiger partial charge on any atom is 0.412 e. The minimum Gasteiger partial charge on any atom is -0.299 e. The Hall–Kier alpha value is -0.820. The van der Waals surface area contributed by atoms with Gasteiger partial charge in [0.1, 0.15) is 5.94 Å². The Kier molecular flexibility index (Phi) is 6.09. The van der Waals surface area contributed by atoms with E-state index in [4.69, 9.17) is 0 Å². The number of hydrogen-bond acceptors (Lipinski definition) is 4. The highest BCUT2D eigenvalue weighted by atomic mass is 31.2. The van der Waals surface area contributed by atoms with Crippen LogP contribution in [0.3, 0.4) is 0 Å². The normalized spacial score (nSPS) is 13.2. The molecule has 106 valence electrons. The van der Waals surface area contributed by atoms with Gasteiger partial charge in [-0.05, 0) is 0 Å². The molecule has 0 fully saturated rings. The molecule has 0 aliphatic heterocycles. The zero-order valence-electron chi connectivity index (χ0n) is 8.55. The van der Waals surface area contributed by atoms with E-state index in [1.54, 1.807) is 0 Å². The van der Waals surface area contributed by atoms with Gasteiger partial charge in [0.25, 0.3) is 0 Å². The van der Waals surface area contributed by atoms with Gasteiger partial charge in [0.05, 0.1) is 6.16 Å². The standard InChI is InChI=1S/C7H7F6O4P/c8-6(9,10)4-16-18(15,3-1-2-14)17-5-7(11,12)13/h1H,3-5H2. The molecule has 0 atom stereocenters. The third-order valence-electron chi connectivity index (χ3n) is 1.25. The van der Waals surface area contributed by atoms with E-state index >= 15 is 0 Å². The van der Waals surface area contributed by atoms with Gasteiger partial charge in [0.15, 0.2) is 13.2 Å².